The third-order valence-electron chi connectivity index (χ3n) is 1.93. The van der Waals surface area contributed by atoms with Crippen molar-refractivity contribution in [3.63, 3.8) is 0 Å². The summed E-state index contributed by atoms with van der Waals surface area (Å²) in [6, 6.07) is 8.11. The van der Waals surface area contributed by atoms with Crippen molar-refractivity contribution in [2.45, 2.75) is 19.4 Å². The fourth-order valence-corrected chi connectivity index (χ4v) is 1.37. The Balaban J connectivity index is 2.73. The molecule has 3 N–H and O–H groups in total. The first-order chi connectivity index (χ1) is 6.72. The van der Waals surface area contributed by atoms with Gasteiger partial charge in [0.05, 0.1) is 6.10 Å². The van der Waals surface area contributed by atoms with E-state index in [1.54, 1.807) is 6.92 Å². The summed E-state index contributed by atoms with van der Waals surface area (Å²) in [4.78, 5) is 0. The van der Waals surface area contributed by atoms with Gasteiger partial charge in [0, 0.05) is 6.54 Å². The van der Waals surface area contributed by atoms with Crippen LogP contribution in [0.4, 0.5) is 0 Å². The van der Waals surface area contributed by atoms with Crippen molar-refractivity contribution in [3.05, 3.63) is 41.5 Å². The summed E-state index contributed by atoms with van der Waals surface area (Å²) in [6.45, 7) is 2.35. The lowest BCUT2D eigenvalue weighted by molar-refractivity contribution is 0.195. The van der Waals surface area contributed by atoms with Crippen molar-refractivity contribution in [1.29, 1.82) is 0 Å². The van der Waals surface area contributed by atoms with Crippen molar-refractivity contribution in [3.8, 4) is 0 Å². The molecule has 0 aliphatic carbocycles. The van der Waals surface area contributed by atoms with Gasteiger partial charge in [0.1, 0.15) is 0 Å². The minimum Gasteiger partial charge on any atom is -0.393 e. The highest BCUT2D eigenvalue weighted by molar-refractivity contribution is 5.50. The minimum absolute atomic E-state index is 0.288. The Bertz CT molecular complexity index is 305. The Hall–Kier alpha value is -1.12. The second kappa shape index (κ2) is 5.58. The molecule has 0 aliphatic heterocycles. The Kier molecular flexibility index (Phi) is 4.36. The van der Waals surface area contributed by atoms with Gasteiger partial charge in [0.25, 0.3) is 0 Å². The van der Waals surface area contributed by atoms with Gasteiger partial charge in [-0.2, -0.15) is 0 Å². The predicted molar refractivity (Wildman–Crippen MR) is 59.9 cm³/mol. The van der Waals surface area contributed by atoms with Gasteiger partial charge in [0.2, 0.25) is 0 Å². The largest absolute Gasteiger partial charge is 0.393 e. The summed E-state index contributed by atoms with van der Waals surface area (Å²) in [6.07, 6.45) is 4.32. The number of hydrogen-bond donors (Lipinski definition) is 2. The first kappa shape index (κ1) is 11.0. The third kappa shape index (κ3) is 3.73. The zero-order valence-corrected chi connectivity index (χ0v) is 8.48. The van der Waals surface area contributed by atoms with Crippen LogP contribution in [0.2, 0.25) is 0 Å². The Morgan fingerprint density at radius 2 is 2.29 bits per heavy atom. The first-order valence-electron chi connectivity index (χ1n) is 4.86. The molecule has 1 rings (SSSR count). The van der Waals surface area contributed by atoms with Crippen LogP contribution in [-0.4, -0.2) is 17.8 Å². The van der Waals surface area contributed by atoms with Crippen LogP contribution in [0.1, 0.15) is 18.1 Å². The summed E-state index contributed by atoms with van der Waals surface area (Å²) >= 11 is 0. The quantitative estimate of drug-likeness (QED) is 0.759. The Labute approximate surface area is 85.1 Å². The van der Waals surface area contributed by atoms with Crippen LogP contribution in [0.15, 0.2) is 30.3 Å². The first-order valence-corrected chi connectivity index (χ1v) is 4.86. The molecular weight excluding hydrogens is 174 g/mol. The predicted octanol–water partition coefficient (Wildman–Crippen LogP) is 1.58. The van der Waals surface area contributed by atoms with Crippen molar-refractivity contribution < 1.29 is 5.11 Å². The average Bonchev–Trinajstić information content (AvgIpc) is 2.14. The number of hydrogen-bond acceptors (Lipinski definition) is 2. The van der Waals surface area contributed by atoms with E-state index < -0.39 is 0 Å². The Morgan fingerprint density at radius 3 is 2.93 bits per heavy atom. The Morgan fingerprint density at radius 1 is 1.50 bits per heavy atom. The van der Waals surface area contributed by atoms with Crippen LogP contribution < -0.4 is 5.73 Å². The van der Waals surface area contributed by atoms with E-state index in [2.05, 4.69) is 6.07 Å². The van der Waals surface area contributed by atoms with Crippen LogP contribution in [-0.2, 0) is 6.42 Å². The molecule has 1 aromatic rings. The van der Waals surface area contributed by atoms with E-state index in [1.807, 2.05) is 30.4 Å². The lowest BCUT2D eigenvalue weighted by atomic mass is 10.1. The van der Waals surface area contributed by atoms with Crippen molar-refractivity contribution in [2.75, 3.05) is 6.54 Å². The van der Waals surface area contributed by atoms with Gasteiger partial charge in [-0.25, -0.2) is 0 Å². The lowest BCUT2D eigenvalue weighted by Gasteiger charge is -2.04. The summed E-state index contributed by atoms with van der Waals surface area (Å²) in [7, 11) is 0. The molecule has 0 heterocycles. The number of aliphatic hydroxyl groups is 1. The molecule has 2 nitrogen and oxygen atoms in total. The molecule has 1 unspecified atom stereocenters. The molecule has 0 saturated heterocycles. The molecule has 0 saturated carbocycles. The zero-order valence-electron chi connectivity index (χ0n) is 8.48. The molecule has 0 amide bonds. The molecule has 0 radical (unpaired) electrons. The normalized spacial score (nSPS) is 13.4. The van der Waals surface area contributed by atoms with Gasteiger partial charge >= 0.3 is 0 Å². The molecule has 0 aromatic heterocycles. The molecule has 76 valence electrons. The van der Waals surface area contributed by atoms with Gasteiger partial charge in [-0.3, -0.25) is 0 Å². The SMILES string of the molecule is CC(O)Cc1cccc(/C=C/CN)c1. The highest BCUT2D eigenvalue weighted by Gasteiger charge is 1.98. The summed E-state index contributed by atoms with van der Waals surface area (Å²) in [5.74, 6) is 0. The van der Waals surface area contributed by atoms with E-state index >= 15 is 0 Å². The topological polar surface area (TPSA) is 46.2 Å². The molecule has 1 atom stereocenters. The maximum Gasteiger partial charge on any atom is 0.0552 e. The number of benzene rings is 1. The second-order valence-electron chi connectivity index (χ2n) is 3.44. The fraction of sp³-hybridized carbons (Fsp3) is 0.333. The van der Waals surface area contributed by atoms with Crippen molar-refractivity contribution in [2.24, 2.45) is 5.73 Å². The van der Waals surface area contributed by atoms with E-state index in [0.29, 0.717) is 13.0 Å². The average molecular weight is 191 g/mol. The van der Waals surface area contributed by atoms with Gasteiger partial charge in [-0.1, -0.05) is 36.4 Å². The number of aliphatic hydroxyl groups excluding tert-OH is 1. The number of rotatable bonds is 4. The van der Waals surface area contributed by atoms with Gasteiger partial charge in [-0.15, -0.1) is 0 Å². The highest BCUT2D eigenvalue weighted by Crippen LogP contribution is 2.09. The third-order valence-corrected chi connectivity index (χ3v) is 1.93. The maximum absolute atomic E-state index is 9.23. The van der Waals surface area contributed by atoms with Crippen LogP contribution in [0.5, 0.6) is 0 Å². The summed E-state index contributed by atoms with van der Waals surface area (Å²) < 4.78 is 0. The van der Waals surface area contributed by atoms with E-state index in [-0.39, 0.29) is 6.10 Å². The summed E-state index contributed by atoms with van der Waals surface area (Å²) in [5.41, 5.74) is 7.65. The molecule has 2 heteroatoms. The van der Waals surface area contributed by atoms with E-state index in [1.165, 1.54) is 0 Å². The van der Waals surface area contributed by atoms with Crippen molar-refractivity contribution in [1.82, 2.24) is 0 Å². The maximum atomic E-state index is 9.23. The van der Waals surface area contributed by atoms with Crippen LogP contribution in [0.25, 0.3) is 6.08 Å². The van der Waals surface area contributed by atoms with Crippen LogP contribution >= 0.6 is 0 Å². The fourth-order valence-electron chi connectivity index (χ4n) is 1.37. The van der Waals surface area contributed by atoms with Gasteiger partial charge in [-0.05, 0) is 24.5 Å². The zero-order chi connectivity index (χ0) is 10.4. The van der Waals surface area contributed by atoms with E-state index in [0.717, 1.165) is 11.1 Å². The van der Waals surface area contributed by atoms with Crippen molar-refractivity contribution >= 4 is 6.08 Å². The molecule has 0 fully saturated rings. The van der Waals surface area contributed by atoms with Gasteiger partial charge in [0.15, 0.2) is 0 Å². The van der Waals surface area contributed by atoms with E-state index in [4.69, 9.17) is 5.73 Å². The molecule has 0 bridgehead atoms. The molecular formula is C12H17NO. The molecule has 0 spiro atoms. The standard InChI is InChI=1S/C12H17NO/c1-10(14)8-12-5-2-4-11(9-12)6-3-7-13/h2-6,9-10,14H,7-8,13H2,1H3/b6-3+. The lowest BCUT2D eigenvalue weighted by Crippen LogP contribution is -2.03. The second-order valence-corrected chi connectivity index (χ2v) is 3.44. The minimum atomic E-state index is -0.288. The molecule has 14 heavy (non-hydrogen) atoms. The van der Waals surface area contributed by atoms with Crippen LogP contribution in [0.3, 0.4) is 0 Å². The number of nitrogens with two attached hydrogens (primary N) is 1. The monoisotopic (exact) mass is 191 g/mol. The molecule has 0 aliphatic rings. The summed E-state index contributed by atoms with van der Waals surface area (Å²) in [5, 5.41) is 9.23. The molecule has 1 aromatic carbocycles. The van der Waals surface area contributed by atoms with E-state index in [9.17, 15) is 5.11 Å². The van der Waals surface area contributed by atoms with Gasteiger partial charge < -0.3 is 10.8 Å². The highest BCUT2D eigenvalue weighted by atomic mass is 16.3. The smallest absolute Gasteiger partial charge is 0.0552 e. The van der Waals surface area contributed by atoms with Crippen LogP contribution in [0, 0.1) is 0 Å².